The van der Waals surface area contributed by atoms with Crippen LogP contribution >= 0.6 is 0 Å². The van der Waals surface area contributed by atoms with Gasteiger partial charge in [0.05, 0.1) is 5.52 Å². The Morgan fingerprint density at radius 3 is 2.46 bits per heavy atom. The van der Waals surface area contributed by atoms with Crippen LogP contribution in [-0.4, -0.2) is 9.55 Å². The molecule has 2 nitrogen and oxygen atoms in total. The highest BCUT2D eigenvalue weighted by molar-refractivity contribution is 6.17. The van der Waals surface area contributed by atoms with Gasteiger partial charge in [0.25, 0.3) is 0 Å². The van der Waals surface area contributed by atoms with E-state index in [4.69, 9.17) is 0 Å². The number of aryl methyl sites for hydroxylation is 2. The fourth-order valence-corrected chi connectivity index (χ4v) is 4.35. The molecule has 0 saturated heterocycles. The van der Waals surface area contributed by atoms with E-state index < -0.39 is 0 Å². The van der Waals surface area contributed by atoms with Crippen molar-refractivity contribution in [2.45, 2.75) is 13.3 Å². The Morgan fingerprint density at radius 1 is 0.846 bits per heavy atom. The molecule has 0 amide bonds. The largest absolute Gasteiger partial charge is 0.343 e. The minimum Gasteiger partial charge on any atom is -0.343 e. The lowest BCUT2D eigenvalue weighted by atomic mass is 9.92. The zero-order valence-electron chi connectivity index (χ0n) is 15.0. The summed E-state index contributed by atoms with van der Waals surface area (Å²) in [5.74, 6) is 0. The maximum Gasteiger partial charge on any atom is 0.0527 e. The smallest absolute Gasteiger partial charge is 0.0527 e. The summed E-state index contributed by atoms with van der Waals surface area (Å²) in [7, 11) is 2.18. The molecule has 0 N–H and O–H groups in total. The van der Waals surface area contributed by atoms with E-state index >= 15 is 0 Å². The minimum atomic E-state index is 0.911. The Kier molecular flexibility index (Phi) is 3.32. The van der Waals surface area contributed by atoms with Crippen molar-refractivity contribution < 1.29 is 0 Å². The van der Waals surface area contributed by atoms with Gasteiger partial charge in [0, 0.05) is 41.1 Å². The summed E-state index contributed by atoms with van der Waals surface area (Å²) < 4.78 is 2.34. The second kappa shape index (κ2) is 5.70. The SMILES string of the molecule is Cc1c2ccncc2c(Cc2ccccc2)c2c3ccccc3n(C)c12. The van der Waals surface area contributed by atoms with Crippen LogP contribution < -0.4 is 0 Å². The van der Waals surface area contributed by atoms with E-state index in [1.54, 1.807) is 0 Å². The molecule has 2 heterocycles. The van der Waals surface area contributed by atoms with Crippen LogP contribution in [0.4, 0.5) is 0 Å². The van der Waals surface area contributed by atoms with Gasteiger partial charge in [0.2, 0.25) is 0 Å². The van der Waals surface area contributed by atoms with E-state index in [2.05, 4.69) is 84.2 Å². The van der Waals surface area contributed by atoms with Gasteiger partial charge < -0.3 is 4.57 Å². The number of pyridine rings is 1. The zero-order valence-corrected chi connectivity index (χ0v) is 15.0. The highest BCUT2D eigenvalue weighted by atomic mass is 14.9. The summed E-state index contributed by atoms with van der Waals surface area (Å²) >= 11 is 0. The van der Waals surface area contributed by atoms with E-state index in [-0.39, 0.29) is 0 Å². The molecule has 0 spiro atoms. The maximum atomic E-state index is 4.44. The van der Waals surface area contributed by atoms with E-state index in [1.165, 1.54) is 49.3 Å². The first-order valence-electron chi connectivity index (χ1n) is 9.02. The number of hydrogen-bond donors (Lipinski definition) is 0. The fraction of sp³-hybridized carbons (Fsp3) is 0.125. The Bertz CT molecular complexity index is 1260. The zero-order chi connectivity index (χ0) is 17.7. The summed E-state index contributed by atoms with van der Waals surface area (Å²) in [6.07, 6.45) is 4.84. The highest BCUT2D eigenvalue weighted by Crippen LogP contribution is 2.39. The average Bonchev–Trinajstić information content (AvgIpc) is 2.99. The number of hydrogen-bond acceptors (Lipinski definition) is 1. The fourth-order valence-electron chi connectivity index (χ4n) is 4.35. The molecule has 5 rings (SSSR count). The standard InChI is InChI=1S/C24H20N2/c1-16-18-12-13-25-15-21(18)20(14-17-8-4-3-5-9-17)23-19-10-6-7-11-22(19)26(2)24(16)23/h3-13,15H,14H2,1-2H3. The van der Waals surface area contributed by atoms with Gasteiger partial charge in [-0.25, -0.2) is 0 Å². The van der Waals surface area contributed by atoms with Crippen molar-refractivity contribution in [3.8, 4) is 0 Å². The van der Waals surface area contributed by atoms with Crippen molar-refractivity contribution >= 4 is 32.6 Å². The molecule has 0 atom stereocenters. The molecular formula is C24H20N2. The van der Waals surface area contributed by atoms with Crippen molar-refractivity contribution in [1.82, 2.24) is 9.55 Å². The van der Waals surface area contributed by atoms with Crippen molar-refractivity contribution in [2.24, 2.45) is 7.05 Å². The molecule has 0 fully saturated rings. The highest BCUT2D eigenvalue weighted by Gasteiger charge is 2.18. The monoisotopic (exact) mass is 336 g/mol. The van der Waals surface area contributed by atoms with Crippen LogP contribution in [0.15, 0.2) is 73.1 Å². The van der Waals surface area contributed by atoms with Gasteiger partial charge in [-0.3, -0.25) is 4.98 Å². The van der Waals surface area contributed by atoms with Gasteiger partial charge >= 0.3 is 0 Å². The molecule has 2 aromatic heterocycles. The van der Waals surface area contributed by atoms with E-state index in [0.29, 0.717) is 0 Å². The van der Waals surface area contributed by atoms with Gasteiger partial charge in [-0.15, -0.1) is 0 Å². The molecule has 3 aromatic carbocycles. The molecule has 5 aromatic rings. The molecule has 0 aliphatic carbocycles. The van der Waals surface area contributed by atoms with E-state index in [9.17, 15) is 0 Å². The Hall–Kier alpha value is -3.13. The summed E-state index contributed by atoms with van der Waals surface area (Å²) in [6.45, 7) is 2.23. The van der Waals surface area contributed by atoms with Crippen LogP contribution in [0.25, 0.3) is 32.6 Å². The Labute approximate surface area is 152 Å². The number of benzene rings is 3. The second-order valence-electron chi connectivity index (χ2n) is 6.99. The van der Waals surface area contributed by atoms with Gasteiger partial charge in [-0.2, -0.15) is 0 Å². The summed E-state index contributed by atoms with van der Waals surface area (Å²) in [5, 5.41) is 5.25. The predicted octanol–water partition coefficient (Wildman–Crippen LogP) is 5.78. The lowest BCUT2D eigenvalue weighted by Gasteiger charge is -2.13. The van der Waals surface area contributed by atoms with Gasteiger partial charge in [-0.05, 0) is 47.6 Å². The van der Waals surface area contributed by atoms with Crippen LogP contribution in [-0.2, 0) is 13.5 Å². The van der Waals surface area contributed by atoms with Crippen LogP contribution in [0.5, 0.6) is 0 Å². The first-order chi connectivity index (χ1) is 12.8. The summed E-state index contributed by atoms with van der Waals surface area (Å²) in [6, 6.07) is 21.6. The number of rotatable bonds is 2. The molecule has 126 valence electrons. The lowest BCUT2D eigenvalue weighted by Crippen LogP contribution is -1.96. The van der Waals surface area contributed by atoms with Crippen LogP contribution in [0.3, 0.4) is 0 Å². The predicted molar refractivity (Wildman–Crippen MR) is 110 cm³/mol. The van der Waals surface area contributed by atoms with Gasteiger partial charge in [0.15, 0.2) is 0 Å². The maximum absolute atomic E-state index is 4.44. The summed E-state index contributed by atoms with van der Waals surface area (Å²) in [5.41, 5.74) is 6.64. The van der Waals surface area contributed by atoms with Crippen molar-refractivity contribution in [3.05, 3.63) is 89.7 Å². The van der Waals surface area contributed by atoms with Crippen LogP contribution in [0, 0.1) is 6.92 Å². The van der Waals surface area contributed by atoms with Crippen LogP contribution in [0.1, 0.15) is 16.7 Å². The summed E-state index contributed by atoms with van der Waals surface area (Å²) in [4.78, 5) is 4.44. The Balaban J connectivity index is 1.99. The van der Waals surface area contributed by atoms with Crippen molar-refractivity contribution in [1.29, 1.82) is 0 Å². The van der Waals surface area contributed by atoms with Crippen LogP contribution in [0.2, 0.25) is 0 Å². The third-order valence-electron chi connectivity index (χ3n) is 5.54. The van der Waals surface area contributed by atoms with Crippen molar-refractivity contribution in [2.75, 3.05) is 0 Å². The average molecular weight is 336 g/mol. The molecule has 0 aliphatic rings. The molecule has 0 saturated carbocycles. The molecule has 0 radical (unpaired) electrons. The molecule has 0 unspecified atom stereocenters. The minimum absolute atomic E-state index is 0.911. The number of nitrogens with zero attached hydrogens (tertiary/aromatic N) is 2. The third kappa shape index (κ3) is 2.08. The first kappa shape index (κ1) is 15.2. The molecule has 2 heteroatoms. The second-order valence-corrected chi connectivity index (χ2v) is 6.99. The molecule has 26 heavy (non-hydrogen) atoms. The quantitative estimate of drug-likeness (QED) is 0.399. The van der Waals surface area contributed by atoms with E-state index in [1.807, 2.05) is 12.4 Å². The van der Waals surface area contributed by atoms with Gasteiger partial charge in [0.1, 0.15) is 0 Å². The molecular weight excluding hydrogens is 316 g/mol. The van der Waals surface area contributed by atoms with Gasteiger partial charge in [-0.1, -0.05) is 48.5 Å². The van der Waals surface area contributed by atoms with E-state index in [0.717, 1.165) is 6.42 Å². The normalized spacial score (nSPS) is 11.6. The number of fused-ring (bicyclic) bond motifs is 4. The first-order valence-corrected chi connectivity index (χ1v) is 9.02. The Morgan fingerprint density at radius 2 is 1.62 bits per heavy atom. The number of aromatic nitrogens is 2. The molecule has 0 aliphatic heterocycles. The molecule has 0 bridgehead atoms. The van der Waals surface area contributed by atoms with Crippen molar-refractivity contribution in [3.63, 3.8) is 0 Å². The third-order valence-corrected chi connectivity index (χ3v) is 5.54. The topological polar surface area (TPSA) is 17.8 Å². The lowest BCUT2D eigenvalue weighted by molar-refractivity contribution is 1.01. The number of para-hydroxylation sites is 1.